The molecule has 110 valence electrons. The smallest absolute Gasteiger partial charge is 0.341 e. The van der Waals surface area contributed by atoms with E-state index in [1.54, 1.807) is 0 Å². The number of nitrogens with two attached hydrogens (primary N) is 1. The van der Waals surface area contributed by atoms with E-state index >= 15 is 0 Å². The second-order valence-electron chi connectivity index (χ2n) is 4.16. The Morgan fingerprint density at radius 3 is 2.67 bits per heavy atom. The van der Waals surface area contributed by atoms with E-state index in [2.05, 4.69) is 0 Å². The highest BCUT2D eigenvalue weighted by Gasteiger charge is 2.17. The van der Waals surface area contributed by atoms with E-state index in [0.717, 1.165) is 22.9 Å². The van der Waals surface area contributed by atoms with Crippen LogP contribution in [0.5, 0.6) is 0 Å². The summed E-state index contributed by atoms with van der Waals surface area (Å²) in [4.78, 5) is 34.4. The lowest BCUT2D eigenvalue weighted by Crippen LogP contribution is -2.34. The van der Waals surface area contributed by atoms with Crippen molar-refractivity contribution in [3.63, 3.8) is 0 Å². The maximum Gasteiger partial charge on any atom is 0.341 e. The quantitative estimate of drug-likeness (QED) is 0.433. The number of benzene rings is 1. The van der Waals surface area contributed by atoms with Crippen molar-refractivity contribution in [3.8, 4) is 0 Å². The molecule has 0 saturated carbocycles. The van der Waals surface area contributed by atoms with E-state index < -0.39 is 28.7 Å². The number of carboxylic acids is 1. The van der Waals surface area contributed by atoms with Gasteiger partial charge in [0.2, 0.25) is 5.43 Å². The molecule has 0 atom stereocenters. The molecule has 7 nitrogen and oxygen atoms in total. The molecule has 9 heteroatoms. The fraction of sp³-hybridized carbons (Fsp3) is 0.0833. The molecule has 2 rings (SSSR count). The molecule has 0 unspecified atom stereocenters. The third-order valence-corrected chi connectivity index (χ3v) is 3.12. The molecule has 4 N–H and O–H groups in total. The van der Waals surface area contributed by atoms with Crippen LogP contribution in [-0.2, 0) is 11.3 Å². The maximum absolute atomic E-state index is 13.5. The van der Waals surface area contributed by atoms with Gasteiger partial charge in [0, 0.05) is 11.6 Å². The molecule has 0 aliphatic heterocycles. The number of nitrogens with zero attached hydrogens (tertiary/aromatic N) is 1. The van der Waals surface area contributed by atoms with Crippen molar-refractivity contribution in [2.24, 2.45) is 5.84 Å². The van der Waals surface area contributed by atoms with Crippen molar-refractivity contribution in [1.82, 2.24) is 9.99 Å². The highest BCUT2D eigenvalue weighted by molar-refractivity contribution is 6.31. The third kappa shape index (κ3) is 2.71. The molecule has 21 heavy (non-hydrogen) atoms. The Kier molecular flexibility index (Phi) is 3.92. The molecule has 1 amide bonds. The minimum Gasteiger partial charge on any atom is -0.477 e. The lowest BCUT2D eigenvalue weighted by molar-refractivity contribution is -0.121. The molecule has 0 aliphatic carbocycles. The maximum atomic E-state index is 13.5. The summed E-state index contributed by atoms with van der Waals surface area (Å²) >= 11 is 5.65. The SMILES string of the molecule is NNC(=O)Cn1cc(C(=O)O)c(=O)c2cc(F)c(Cl)cc21. The number of amides is 1. The minimum absolute atomic E-state index is 0.125. The van der Waals surface area contributed by atoms with Gasteiger partial charge in [-0.25, -0.2) is 15.0 Å². The Morgan fingerprint density at radius 1 is 1.43 bits per heavy atom. The molecule has 0 radical (unpaired) electrons. The number of pyridine rings is 1. The van der Waals surface area contributed by atoms with Gasteiger partial charge in [-0.1, -0.05) is 11.6 Å². The molecule has 1 aromatic carbocycles. The van der Waals surface area contributed by atoms with E-state index in [-0.39, 0.29) is 22.5 Å². The Bertz CT molecular complexity index is 818. The Balaban J connectivity index is 2.85. The summed E-state index contributed by atoms with van der Waals surface area (Å²) in [6.07, 6.45) is 0.983. The second kappa shape index (κ2) is 5.51. The van der Waals surface area contributed by atoms with Crippen LogP contribution < -0.4 is 16.7 Å². The van der Waals surface area contributed by atoms with Crippen molar-refractivity contribution in [3.05, 3.63) is 45.0 Å². The van der Waals surface area contributed by atoms with Gasteiger partial charge < -0.3 is 9.67 Å². The zero-order chi connectivity index (χ0) is 15.7. The largest absolute Gasteiger partial charge is 0.477 e. The van der Waals surface area contributed by atoms with Crippen LogP contribution in [0.2, 0.25) is 5.02 Å². The lowest BCUT2D eigenvalue weighted by Gasteiger charge is -2.12. The van der Waals surface area contributed by atoms with Crippen LogP contribution in [0, 0.1) is 5.82 Å². The first-order valence-corrected chi connectivity index (χ1v) is 5.98. The molecule has 0 saturated heterocycles. The molecular formula is C12H9ClFN3O4. The average Bonchev–Trinajstić information content (AvgIpc) is 2.43. The Morgan fingerprint density at radius 2 is 2.10 bits per heavy atom. The topological polar surface area (TPSA) is 114 Å². The van der Waals surface area contributed by atoms with Crippen molar-refractivity contribution in [1.29, 1.82) is 0 Å². The molecular weight excluding hydrogens is 305 g/mol. The first kappa shape index (κ1) is 14.9. The van der Waals surface area contributed by atoms with Crippen LogP contribution in [0.4, 0.5) is 4.39 Å². The standard InChI is InChI=1S/C12H9ClFN3O4/c13-7-2-9-5(1-8(7)14)11(19)6(12(20)21)3-17(9)4-10(18)16-15/h1-3H,4,15H2,(H,16,18)(H,20,21). The van der Waals surface area contributed by atoms with Gasteiger partial charge in [-0.15, -0.1) is 0 Å². The summed E-state index contributed by atoms with van der Waals surface area (Å²) in [5.74, 6) is 1.99. The molecule has 0 fully saturated rings. The van der Waals surface area contributed by atoms with Crippen LogP contribution in [0.3, 0.4) is 0 Å². The number of fused-ring (bicyclic) bond motifs is 1. The second-order valence-corrected chi connectivity index (χ2v) is 4.56. The Labute approximate surface area is 121 Å². The van der Waals surface area contributed by atoms with Crippen molar-refractivity contribution in [2.45, 2.75) is 6.54 Å². The van der Waals surface area contributed by atoms with E-state index in [4.69, 9.17) is 22.6 Å². The minimum atomic E-state index is -1.49. The monoisotopic (exact) mass is 313 g/mol. The zero-order valence-electron chi connectivity index (χ0n) is 10.4. The number of carboxylic acid groups (broad SMARTS) is 1. The van der Waals surface area contributed by atoms with E-state index in [1.165, 1.54) is 0 Å². The van der Waals surface area contributed by atoms with E-state index in [9.17, 15) is 18.8 Å². The van der Waals surface area contributed by atoms with Gasteiger partial charge in [-0.2, -0.15) is 0 Å². The molecule has 0 spiro atoms. The number of hydrogen-bond acceptors (Lipinski definition) is 4. The lowest BCUT2D eigenvalue weighted by atomic mass is 10.1. The average molecular weight is 314 g/mol. The summed E-state index contributed by atoms with van der Waals surface area (Å²) in [6, 6.07) is 1.98. The van der Waals surface area contributed by atoms with Crippen LogP contribution in [0.25, 0.3) is 10.9 Å². The number of hydrazine groups is 1. The Hall–Kier alpha value is -2.45. The van der Waals surface area contributed by atoms with Gasteiger partial charge in [0.1, 0.15) is 17.9 Å². The normalized spacial score (nSPS) is 10.6. The third-order valence-electron chi connectivity index (χ3n) is 2.83. The predicted molar refractivity (Wildman–Crippen MR) is 72.5 cm³/mol. The van der Waals surface area contributed by atoms with Gasteiger partial charge in [-0.3, -0.25) is 15.0 Å². The van der Waals surface area contributed by atoms with Gasteiger partial charge in [-0.05, 0) is 12.1 Å². The zero-order valence-corrected chi connectivity index (χ0v) is 11.1. The van der Waals surface area contributed by atoms with Gasteiger partial charge in [0.05, 0.1) is 10.5 Å². The summed E-state index contributed by atoms with van der Waals surface area (Å²) in [5.41, 5.74) is 0.548. The number of aromatic nitrogens is 1. The first-order chi connectivity index (χ1) is 9.85. The van der Waals surface area contributed by atoms with Crippen LogP contribution in [-0.4, -0.2) is 21.6 Å². The number of halogens is 2. The molecule has 1 aromatic heterocycles. The van der Waals surface area contributed by atoms with E-state index in [1.807, 2.05) is 5.43 Å². The summed E-state index contributed by atoms with van der Waals surface area (Å²) in [6.45, 7) is -0.352. The van der Waals surface area contributed by atoms with Gasteiger partial charge in [0.25, 0.3) is 5.91 Å². The van der Waals surface area contributed by atoms with Crippen LogP contribution >= 0.6 is 11.6 Å². The summed E-state index contributed by atoms with van der Waals surface area (Å²) in [7, 11) is 0. The molecule has 0 bridgehead atoms. The van der Waals surface area contributed by atoms with Crippen molar-refractivity contribution in [2.75, 3.05) is 0 Å². The van der Waals surface area contributed by atoms with Gasteiger partial charge >= 0.3 is 5.97 Å². The molecule has 2 aromatic rings. The van der Waals surface area contributed by atoms with Crippen LogP contribution in [0.1, 0.15) is 10.4 Å². The van der Waals surface area contributed by atoms with E-state index in [0.29, 0.717) is 0 Å². The van der Waals surface area contributed by atoms with Crippen LogP contribution in [0.15, 0.2) is 23.1 Å². The predicted octanol–water partition coefficient (Wildman–Crippen LogP) is 0.482. The number of carbonyl (C=O) groups excluding carboxylic acids is 1. The number of nitrogens with one attached hydrogen (secondary N) is 1. The highest BCUT2D eigenvalue weighted by Crippen LogP contribution is 2.21. The number of rotatable bonds is 3. The van der Waals surface area contributed by atoms with Gasteiger partial charge in [0.15, 0.2) is 0 Å². The van der Waals surface area contributed by atoms with Crippen molar-refractivity contribution >= 4 is 34.4 Å². The first-order valence-electron chi connectivity index (χ1n) is 5.60. The molecule has 0 aliphatic rings. The van der Waals surface area contributed by atoms with Crippen molar-refractivity contribution < 1.29 is 19.1 Å². The molecule has 1 heterocycles. The summed E-state index contributed by atoms with van der Waals surface area (Å²) in [5, 5.41) is 8.56. The summed E-state index contributed by atoms with van der Waals surface area (Å²) < 4.78 is 14.7. The fourth-order valence-corrected chi connectivity index (χ4v) is 2.03. The number of aromatic carboxylic acids is 1. The fourth-order valence-electron chi connectivity index (χ4n) is 1.87. The number of carbonyl (C=O) groups is 2. The number of hydrogen-bond donors (Lipinski definition) is 3. The highest BCUT2D eigenvalue weighted by atomic mass is 35.5.